The Balaban J connectivity index is 2.73. The van der Waals surface area contributed by atoms with E-state index in [9.17, 15) is 0 Å². The highest BCUT2D eigenvalue weighted by molar-refractivity contribution is 5.36. The van der Waals surface area contributed by atoms with E-state index in [1.165, 1.54) is 7.11 Å². The van der Waals surface area contributed by atoms with Crippen molar-refractivity contribution in [2.24, 2.45) is 0 Å². The lowest BCUT2D eigenvalue weighted by molar-refractivity contribution is -0.282. The molecular formula is C11H16O4. The number of hydrogen-bond donors (Lipinski definition) is 0. The van der Waals surface area contributed by atoms with Crippen molar-refractivity contribution in [3.63, 3.8) is 0 Å². The first-order valence-electron chi connectivity index (χ1n) is 4.64. The van der Waals surface area contributed by atoms with Gasteiger partial charge in [0.2, 0.25) is 0 Å². The Kier molecular flexibility index (Phi) is 5.10. The summed E-state index contributed by atoms with van der Waals surface area (Å²) in [6.45, 7) is 2.59. The van der Waals surface area contributed by atoms with Gasteiger partial charge in [0.25, 0.3) is 0 Å². The van der Waals surface area contributed by atoms with Crippen molar-refractivity contribution in [1.29, 1.82) is 0 Å². The molecule has 0 aromatic heterocycles. The van der Waals surface area contributed by atoms with Crippen LogP contribution in [0.2, 0.25) is 0 Å². The number of ether oxygens (including phenoxy) is 2. The molecule has 0 aliphatic heterocycles. The summed E-state index contributed by atoms with van der Waals surface area (Å²) in [7, 11) is 3.06. The van der Waals surface area contributed by atoms with Crippen LogP contribution in [0.25, 0.3) is 0 Å². The highest BCUT2D eigenvalue weighted by Crippen LogP contribution is 2.20. The molecule has 0 heterocycles. The third kappa shape index (κ3) is 3.87. The molecule has 0 atom stereocenters. The van der Waals surface area contributed by atoms with Gasteiger partial charge in [0.15, 0.2) is 6.79 Å². The fraction of sp³-hybridized carbons (Fsp3) is 0.455. The number of methoxy groups -OCH3 is 1. The monoisotopic (exact) mass is 212 g/mol. The van der Waals surface area contributed by atoms with Gasteiger partial charge in [-0.05, 0) is 19.1 Å². The molecule has 0 aliphatic rings. The molecule has 0 saturated carbocycles. The molecule has 1 rings (SSSR count). The highest BCUT2D eigenvalue weighted by Gasteiger charge is 2.04. The van der Waals surface area contributed by atoms with E-state index >= 15 is 0 Å². The van der Waals surface area contributed by atoms with Gasteiger partial charge in [0.1, 0.15) is 12.4 Å². The molecule has 4 heteroatoms. The molecule has 0 aliphatic carbocycles. The maximum Gasteiger partial charge on any atom is 0.188 e. The molecule has 0 N–H and O–H groups in total. The van der Waals surface area contributed by atoms with Crippen molar-refractivity contribution in [2.45, 2.75) is 13.5 Å². The van der Waals surface area contributed by atoms with Crippen LogP contribution >= 0.6 is 0 Å². The van der Waals surface area contributed by atoms with Gasteiger partial charge in [-0.3, -0.25) is 0 Å². The summed E-state index contributed by atoms with van der Waals surface area (Å²) in [6.07, 6.45) is 0. The first kappa shape index (κ1) is 12.0. The summed E-state index contributed by atoms with van der Waals surface area (Å²) >= 11 is 0. The van der Waals surface area contributed by atoms with Crippen LogP contribution in [0.5, 0.6) is 5.75 Å². The average Bonchev–Trinajstić information content (AvgIpc) is 2.25. The van der Waals surface area contributed by atoms with Crippen molar-refractivity contribution in [1.82, 2.24) is 0 Å². The van der Waals surface area contributed by atoms with Crippen molar-refractivity contribution >= 4 is 0 Å². The van der Waals surface area contributed by atoms with Crippen LogP contribution in [-0.2, 0) is 21.1 Å². The standard InChI is InChI=1S/C11H16O4/c1-9-4-5-11(14-8-12-2)10(6-9)7-15-13-3/h4-6H,7-8H2,1-3H3. The Hall–Kier alpha value is -1.10. The summed E-state index contributed by atoms with van der Waals surface area (Å²) in [5.41, 5.74) is 2.09. The lowest BCUT2D eigenvalue weighted by Crippen LogP contribution is -2.03. The zero-order chi connectivity index (χ0) is 11.1. The molecule has 0 saturated heterocycles. The van der Waals surface area contributed by atoms with Gasteiger partial charge in [0.05, 0.1) is 7.11 Å². The predicted molar refractivity (Wildman–Crippen MR) is 55.5 cm³/mol. The van der Waals surface area contributed by atoms with E-state index in [0.717, 1.165) is 16.9 Å². The Labute approximate surface area is 89.6 Å². The molecule has 0 fully saturated rings. The smallest absolute Gasteiger partial charge is 0.188 e. The van der Waals surface area contributed by atoms with E-state index < -0.39 is 0 Å². The largest absolute Gasteiger partial charge is 0.467 e. The summed E-state index contributed by atoms with van der Waals surface area (Å²) in [5, 5.41) is 0. The third-order valence-electron chi connectivity index (χ3n) is 1.88. The number of rotatable bonds is 6. The van der Waals surface area contributed by atoms with E-state index in [2.05, 4.69) is 4.89 Å². The number of hydrogen-bond acceptors (Lipinski definition) is 4. The van der Waals surface area contributed by atoms with E-state index in [4.69, 9.17) is 14.4 Å². The predicted octanol–water partition coefficient (Wildman–Crippen LogP) is 2.06. The number of aryl methyl sites for hydroxylation is 1. The second-order valence-electron chi connectivity index (χ2n) is 3.09. The van der Waals surface area contributed by atoms with Gasteiger partial charge in [0, 0.05) is 12.7 Å². The molecule has 1 aromatic rings. The topological polar surface area (TPSA) is 36.9 Å². The van der Waals surface area contributed by atoms with Crippen LogP contribution in [0.1, 0.15) is 11.1 Å². The first-order chi connectivity index (χ1) is 7.27. The molecule has 1 aromatic carbocycles. The van der Waals surface area contributed by atoms with Crippen LogP contribution in [0.4, 0.5) is 0 Å². The Morgan fingerprint density at radius 3 is 2.67 bits per heavy atom. The SMILES string of the molecule is COCOc1ccc(C)cc1COOC. The lowest BCUT2D eigenvalue weighted by atomic mass is 10.1. The Bertz CT molecular complexity index is 299. The van der Waals surface area contributed by atoms with Crippen LogP contribution in [0, 0.1) is 6.92 Å². The summed E-state index contributed by atoms with van der Waals surface area (Å²) in [4.78, 5) is 9.43. The second kappa shape index (κ2) is 6.40. The molecule has 0 radical (unpaired) electrons. The molecule has 0 amide bonds. The van der Waals surface area contributed by atoms with Crippen molar-refractivity contribution < 1.29 is 19.2 Å². The second-order valence-corrected chi connectivity index (χ2v) is 3.09. The van der Waals surface area contributed by atoms with Gasteiger partial charge < -0.3 is 9.47 Å². The van der Waals surface area contributed by atoms with E-state index in [1.54, 1.807) is 7.11 Å². The fourth-order valence-electron chi connectivity index (χ4n) is 1.21. The van der Waals surface area contributed by atoms with Crippen molar-refractivity contribution in [2.75, 3.05) is 21.0 Å². The van der Waals surface area contributed by atoms with E-state index in [1.807, 2.05) is 25.1 Å². The van der Waals surface area contributed by atoms with Crippen LogP contribution < -0.4 is 4.74 Å². The molecular weight excluding hydrogens is 196 g/mol. The van der Waals surface area contributed by atoms with Crippen LogP contribution in [0.15, 0.2) is 18.2 Å². The first-order valence-corrected chi connectivity index (χ1v) is 4.64. The lowest BCUT2D eigenvalue weighted by Gasteiger charge is -2.10. The summed E-state index contributed by atoms with van der Waals surface area (Å²) in [6, 6.07) is 5.86. The minimum atomic E-state index is 0.225. The van der Waals surface area contributed by atoms with Gasteiger partial charge in [-0.25, -0.2) is 9.78 Å². The number of benzene rings is 1. The van der Waals surface area contributed by atoms with E-state index in [-0.39, 0.29) is 6.79 Å². The maximum absolute atomic E-state index is 5.38. The van der Waals surface area contributed by atoms with Gasteiger partial charge in [-0.2, -0.15) is 0 Å². The van der Waals surface area contributed by atoms with Crippen molar-refractivity contribution in [3.05, 3.63) is 29.3 Å². The Morgan fingerprint density at radius 1 is 1.20 bits per heavy atom. The molecule has 4 nitrogen and oxygen atoms in total. The normalized spacial score (nSPS) is 10.3. The van der Waals surface area contributed by atoms with Gasteiger partial charge >= 0.3 is 0 Å². The molecule has 0 bridgehead atoms. The average molecular weight is 212 g/mol. The maximum atomic E-state index is 5.38. The zero-order valence-corrected chi connectivity index (χ0v) is 9.28. The minimum Gasteiger partial charge on any atom is -0.467 e. The van der Waals surface area contributed by atoms with Crippen LogP contribution in [0.3, 0.4) is 0 Å². The highest BCUT2D eigenvalue weighted by atomic mass is 17.2. The molecule has 84 valence electrons. The third-order valence-corrected chi connectivity index (χ3v) is 1.88. The van der Waals surface area contributed by atoms with E-state index in [0.29, 0.717) is 6.61 Å². The Morgan fingerprint density at radius 2 is 2.00 bits per heavy atom. The molecule has 15 heavy (non-hydrogen) atoms. The fourth-order valence-corrected chi connectivity index (χ4v) is 1.21. The van der Waals surface area contributed by atoms with Gasteiger partial charge in [-0.15, -0.1) is 0 Å². The minimum absolute atomic E-state index is 0.225. The summed E-state index contributed by atoms with van der Waals surface area (Å²) in [5.74, 6) is 0.750. The quantitative estimate of drug-likeness (QED) is 0.411. The van der Waals surface area contributed by atoms with Crippen molar-refractivity contribution in [3.8, 4) is 5.75 Å². The van der Waals surface area contributed by atoms with Crippen LogP contribution in [-0.4, -0.2) is 21.0 Å². The van der Waals surface area contributed by atoms with Gasteiger partial charge in [-0.1, -0.05) is 11.6 Å². The molecule has 0 unspecified atom stereocenters. The summed E-state index contributed by atoms with van der Waals surface area (Å²) < 4.78 is 10.2. The zero-order valence-electron chi connectivity index (χ0n) is 9.28. The molecule has 0 spiro atoms.